The van der Waals surface area contributed by atoms with E-state index in [0.29, 0.717) is 29.9 Å². The van der Waals surface area contributed by atoms with Gasteiger partial charge in [-0.15, -0.1) is 0 Å². The molecule has 0 saturated carbocycles. The van der Waals surface area contributed by atoms with Crippen molar-refractivity contribution in [1.82, 2.24) is 24.2 Å². The van der Waals surface area contributed by atoms with Crippen molar-refractivity contribution in [1.29, 1.82) is 0 Å². The number of sulfonamides is 1. The third-order valence-corrected chi connectivity index (χ3v) is 7.83. The van der Waals surface area contributed by atoms with Crippen molar-refractivity contribution in [2.45, 2.75) is 19.9 Å². The standard InChI is InChI=1S/C28H31ClN8O4S/c1-17-15-19(18(2)31-21-8-9-22(29)32-25(21)26(38)34-42(4,40)41)24-20(16-17)27(39)35(3)28(33-24)37-13-11-36(12-14-37)23-7-5-6-10-30-23/h5-10,15-16,18,31H,11-14H2,1-4H3,(H,34,38)/t18-/m1/s1. The number of hydrogen-bond acceptors (Lipinski definition) is 10. The number of carbonyl (C=O) groups is 1. The highest BCUT2D eigenvalue weighted by Crippen LogP contribution is 2.29. The summed E-state index contributed by atoms with van der Waals surface area (Å²) in [4.78, 5) is 44.1. The Morgan fingerprint density at radius 2 is 1.76 bits per heavy atom. The van der Waals surface area contributed by atoms with E-state index in [9.17, 15) is 18.0 Å². The number of amides is 1. The van der Waals surface area contributed by atoms with Crippen molar-refractivity contribution in [2.75, 3.05) is 47.6 Å². The Morgan fingerprint density at radius 3 is 2.43 bits per heavy atom. The number of benzene rings is 1. The molecule has 1 aliphatic heterocycles. The predicted molar refractivity (Wildman–Crippen MR) is 164 cm³/mol. The summed E-state index contributed by atoms with van der Waals surface area (Å²) in [6.45, 7) is 6.54. The minimum Gasteiger partial charge on any atom is -0.377 e. The van der Waals surface area contributed by atoms with Crippen LogP contribution in [0, 0.1) is 6.92 Å². The van der Waals surface area contributed by atoms with Crippen molar-refractivity contribution < 1.29 is 13.2 Å². The van der Waals surface area contributed by atoms with Crippen LogP contribution < -0.4 is 25.4 Å². The molecule has 4 heterocycles. The van der Waals surface area contributed by atoms with E-state index >= 15 is 0 Å². The second-order valence-electron chi connectivity index (χ2n) is 10.3. The van der Waals surface area contributed by atoms with Gasteiger partial charge in [0.2, 0.25) is 16.0 Å². The molecule has 1 amide bonds. The molecule has 0 unspecified atom stereocenters. The highest BCUT2D eigenvalue weighted by molar-refractivity contribution is 7.89. The zero-order chi connectivity index (χ0) is 30.2. The summed E-state index contributed by atoms with van der Waals surface area (Å²) in [5.74, 6) is 0.561. The Labute approximate surface area is 248 Å². The average molecular weight is 611 g/mol. The van der Waals surface area contributed by atoms with Crippen LogP contribution in [0.1, 0.15) is 34.6 Å². The number of rotatable bonds is 7. The first-order valence-corrected chi connectivity index (χ1v) is 15.6. The van der Waals surface area contributed by atoms with Gasteiger partial charge in [0.25, 0.3) is 11.5 Å². The quantitative estimate of drug-likeness (QED) is 0.300. The molecular weight excluding hydrogens is 580 g/mol. The van der Waals surface area contributed by atoms with E-state index < -0.39 is 22.0 Å². The van der Waals surface area contributed by atoms with Crippen LogP contribution in [0.3, 0.4) is 0 Å². The van der Waals surface area contributed by atoms with Crippen LogP contribution in [0.2, 0.25) is 5.15 Å². The third-order valence-electron chi connectivity index (χ3n) is 7.06. The van der Waals surface area contributed by atoms with E-state index in [-0.39, 0.29) is 22.1 Å². The van der Waals surface area contributed by atoms with Crippen LogP contribution >= 0.6 is 11.6 Å². The first-order chi connectivity index (χ1) is 19.9. The largest absolute Gasteiger partial charge is 0.377 e. The van der Waals surface area contributed by atoms with Crippen molar-refractivity contribution in [3.05, 3.63) is 81.0 Å². The highest BCUT2D eigenvalue weighted by Gasteiger charge is 2.25. The molecular formula is C28H31ClN8O4S. The van der Waals surface area contributed by atoms with E-state index in [1.165, 1.54) is 6.07 Å². The number of carbonyl (C=O) groups excluding carboxylic acids is 1. The van der Waals surface area contributed by atoms with Crippen LogP contribution in [-0.2, 0) is 17.1 Å². The SMILES string of the molecule is Cc1cc([C@@H](C)Nc2ccc(Cl)nc2C(=O)NS(C)(=O)=O)c2nc(N3CCN(c4ccccn4)CC3)n(C)c(=O)c2c1. The summed E-state index contributed by atoms with van der Waals surface area (Å²) < 4.78 is 26.9. The van der Waals surface area contributed by atoms with Gasteiger partial charge in [0.15, 0.2) is 5.69 Å². The Bertz CT molecular complexity index is 1820. The number of fused-ring (bicyclic) bond motifs is 1. The Hall–Kier alpha value is -4.23. The fourth-order valence-corrected chi connectivity index (χ4v) is 5.66. The molecule has 1 fully saturated rings. The number of anilines is 3. The zero-order valence-corrected chi connectivity index (χ0v) is 25.2. The number of pyridine rings is 2. The van der Waals surface area contributed by atoms with E-state index in [1.54, 1.807) is 23.9 Å². The predicted octanol–water partition coefficient (Wildman–Crippen LogP) is 2.87. The summed E-state index contributed by atoms with van der Waals surface area (Å²) in [6, 6.07) is 12.2. The summed E-state index contributed by atoms with van der Waals surface area (Å²) in [6.07, 6.45) is 2.66. The van der Waals surface area contributed by atoms with Gasteiger partial charge in [-0.1, -0.05) is 23.7 Å². The molecule has 0 bridgehead atoms. The molecule has 2 N–H and O–H groups in total. The maximum atomic E-state index is 13.6. The molecule has 0 aliphatic carbocycles. The maximum Gasteiger partial charge on any atom is 0.285 e. The Balaban J connectivity index is 1.49. The molecule has 1 aliphatic rings. The summed E-state index contributed by atoms with van der Waals surface area (Å²) >= 11 is 6.03. The molecule has 1 aromatic carbocycles. The monoisotopic (exact) mass is 610 g/mol. The summed E-state index contributed by atoms with van der Waals surface area (Å²) in [7, 11) is -2.10. The lowest BCUT2D eigenvalue weighted by atomic mass is 10.0. The van der Waals surface area contributed by atoms with Gasteiger partial charge in [-0.25, -0.2) is 28.1 Å². The molecule has 0 radical (unpaired) electrons. The van der Waals surface area contributed by atoms with Crippen LogP contribution in [0.15, 0.2) is 53.5 Å². The highest BCUT2D eigenvalue weighted by atomic mass is 35.5. The fourth-order valence-electron chi connectivity index (χ4n) is 5.08. The molecule has 220 valence electrons. The molecule has 1 atom stereocenters. The molecule has 42 heavy (non-hydrogen) atoms. The molecule has 4 aromatic rings. The van der Waals surface area contributed by atoms with Crippen LogP contribution in [0.25, 0.3) is 10.9 Å². The van der Waals surface area contributed by atoms with Gasteiger partial charge in [0, 0.05) is 45.0 Å². The van der Waals surface area contributed by atoms with Crippen LogP contribution in [-0.4, -0.2) is 66.3 Å². The van der Waals surface area contributed by atoms with Gasteiger partial charge in [-0.05, 0) is 49.7 Å². The third kappa shape index (κ3) is 6.16. The minimum atomic E-state index is -3.83. The van der Waals surface area contributed by atoms with Gasteiger partial charge in [0.05, 0.1) is 28.9 Å². The lowest BCUT2D eigenvalue weighted by molar-refractivity contribution is 0.0977. The number of aromatic nitrogens is 4. The van der Waals surface area contributed by atoms with E-state index in [2.05, 4.69) is 25.1 Å². The minimum absolute atomic E-state index is 0.0332. The number of nitrogens with zero attached hydrogens (tertiary/aromatic N) is 6. The van der Waals surface area contributed by atoms with Gasteiger partial charge in [0.1, 0.15) is 11.0 Å². The van der Waals surface area contributed by atoms with Gasteiger partial charge < -0.3 is 15.1 Å². The van der Waals surface area contributed by atoms with Crippen molar-refractivity contribution in [3.8, 4) is 0 Å². The number of halogens is 1. The van der Waals surface area contributed by atoms with Crippen molar-refractivity contribution in [3.63, 3.8) is 0 Å². The number of hydrogen-bond donors (Lipinski definition) is 2. The fraction of sp³-hybridized carbons (Fsp3) is 0.321. The molecule has 14 heteroatoms. The zero-order valence-electron chi connectivity index (χ0n) is 23.6. The second kappa shape index (κ2) is 11.6. The van der Waals surface area contributed by atoms with Crippen LogP contribution in [0.5, 0.6) is 0 Å². The summed E-state index contributed by atoms with van der Waals surface area (Å²) in [5, 5.41) is 3.75. The summed E-state index contributed by atoms with van der Waals surface area (Å²) in [5.41, 5.74) is 2.08. The van der Waals surface area contributed by atoms with Gasteiger partial charge >= 0.3 is 0 Å². The number of aryl methyl sites for hydroxylation is 1. The normalized spacial score (nSPS) is 14.6. The van der Waals surface area contributed by atoms with Crippen molar-refractivity contribution in [2.24, 2.45) is 7.05 Å². The Kier molecular flexibility index (Phi) is 8.06. The molecule has 5 rings (SSSR count). The molecule has 12 nitrogen and oxygen atoms in total. The average Bonchev–Trinajstić information content (AvgIpc) is 2.95. The topological polar surface area (TPSA) is 142 Å². The first kappa shape index (κ1) is 29.3. The lowest BCUT2D eigenvalue weighted by Gasteiger charge is -2.36. The number of piperazine rings is 1. The first-order valence-electron chi connectivity index (χ1n) is 13.3. The molecule has 0 spiro atoms. The maximum absolute atomic E-state index is 13.6. The number of nitrogens with one attached hydrogen (secondary N) is 2. The van der Waals surface area contributed by atoms with Crippen LogP contribution in [0.4, 0.5) is 17.5 Å². The van der Waals surface area contributed by atoms with Gasteiger partial charge in [-0.3, -0.25) is 14.2 Å². The van der Waals surface area contributed by atoms with E-state index in [4.69, 9.17) is 16.6 Å². The molecule has 1 saturated heterocycles. The second-order valence-corrected chi connectivity index (χ2v) is 12.4. The molecule has 3 aromatic heterocycles. The lowest BCUT2D eigenvalue weighted by Crippen LogP contribution is -2.48. The van der Waals surface area contributed by atoms with E-state index in [1.807, 2.05) is 48.9 Å². The smallest absolute Gasteiger partial charge is 0.285 e. The van der Waals surface area contributed by atoms with E-state index in [0.717, 1.165) is 36.3 Å². The van der Waals surface area contributed by atoms with Gasteiger partial charge in [-0.2, -0.15) is 0 Å². The van der Waals surface area contributed by atoms with Crippen molar-refractivity contribution >= 4 is 55.9 Å². The Morgan fingerprint density at radius 1 is 1.05 bits per heavy atom.